The molecule has 132 valence electrons. The van der Waals surface area contributed by atoms with E-state index in [1.165, 1.54) is 5.69 Å². The van der Waals surface area contributed by atoms with Gasteiger partial charge in [-0.2, -0.15) is 5.10 Å². The highest BCUT2D eigenvalue weighted by atomic mass is 15.4. The van der Waals surface area contributed by atoms with E-state index >= 15 is 0 Å². The van der Waals surface area contributed by atoms with Crippen LogP contribution in [-0.2, 0) is 6.54 Å². The van der Waals surface area contributed by atoms with Crippen molar-refractivity contribution in [3.05, 3.63) is 42.0 Å². The molecule has 0 spiro atoms. The molecule has 25 heavy (non-hydrogen) atoms. The lowest BCUT2D eigenvalue weighted by Crippen LogP contribution is -2.51. The summed E-state index contributed by atoms with van der Waals surface area (Å²) in [5, 5.41) is 9.25. The maximum Gasteiger partial charge on any atom is 0.153 e. The van der Waals surface area contributed by atoms with Crippen molar-refractivity contribution in [2.24, 2.45) is 0 Å². The molecule has 3 aromatic heterocycles. The summed E-state index contributed by atoms with van der Waals surface area (Å²) in [7, 11) is 0. The highest BCUT2D eigenvalue weighted by molar-refractivity contribution is 5.46. The van der Waals surface area contributed by atoms with E-state index in [-0.39, 0.29) is 0 Å². The van der Waals surface area contributed by atoms with E-state index in [1.54, 1.807) is 6.20 Å². The smallest absolute Gasteiger partial charge is 0.153 e. The molecular weight excluding hydrogens is 314 g/mol. The van der Waals surface area contributed by atoms with Crippen molar-refractivity contribution < 1.29 is 0 Å². The Morgan fingerprint density at radius 2 is 1.88 bits per heavy atom. The van der Waals surface area contributed by atoms with Gasteiger partial charge < -0.3 is 4.90 Å². The van der Waals surface area contributed by atoms with Gasteiger partial charge in [-0.05, 0) is 39.0 Å². The maximum absolute atomic E-state index is 4.66. The van der Waals surface area contributed by atoms with Gasteiger partial charge in [0.2, 0.25) is 0 Å². The maximum atomic E-state index is 4.66. The Morgan fingerprint density at radius 3 is 2.60 bits per heavy atom. The van der Waals surface area contributed by atoms with Crippen LogP contribution in [0.1, 0.15) is 18.3 Å². The lowest BCUT2D eigenvalue weighted by atomic mass is 10.2. The van der Waals surface area contributed by atoms with E-state index in [0.29, 0.717) is 6.04 Å². The van der Waals surface area contributed by atoms with Crippen molar-refractivity contribution in [2.45, 2.75) is 33.4 Å². The van der Waals surface area contributed by atoms with Crippen LogP contribution in [-0.4, -0.2) is 61.5 Å². The molecule has 4 heterocycles. The molecule has 0 radical (unpaired) electrons. The number of rotatable bonds is 4. The summed E-state index contributed by atoms with van der Waals surface area (Å²) in [5.41, 5.74) is 3.22. The number of hydrogen-bond donors (Lipinski definition) is 0. The fourth-order valence-corrected chi connectivity index (χ4v) is 3.59. The molecule has 0 saturated carbocycles. The molecule has 7 nitrogen and oxygen atoms in total. The second-order valence-corrected chi connectivity index (χ2v) is 6.90. The van der Waals surface area contributed by atoms with Gasteiger partial charge in [0.25, 0.3) is 0 Å². The zero-order valence-electron chi connectivity index (χ0n) is 15.1. The third-order valence-corrected chi connectivity index (χ3v) is 5.04. The molecule has 1 fully saturated rings. The third-order valence-electron chi connectivity index (χ3n) is 5.04. The first-order valence-electron chi connectivity index (χ1n) is 8.90. The van der Waals surface area contributed by atoms with Crippen molar-refractivity contribution in [3.63, 3.8) is 0 Å². The summed E-state index contributed by atoms with van der Waals surface area (Å²) in [5.74, 6) is 1.02. The molecule has 0 amide bonds. The summed E-state index contributed by atoms with van der Waals surface area (Å²) in [6.45, 7) is 11.5. The number of anilines is 1. The summed E-state index contributed by atoms with van der Waals surface area (Å²) in [6.07, 6.45) is 3.68. The average Bonchev–Trinajstić information content (AvgIpc) is 3.20. The van der Waals surface area contributed by atoms with Gasteiger partial charge in [0.1, 0.15) is 5.82 Å². The number of fused-ring (bicyclic) bond motifs is 1. The summed E-state index contributed by atoms with van der Waals surface area (Å²) < 4.78 is 3.97. The first kappa shape index (κ1) is 16.1. The second-order valence-electron chi connectivity index (χ2n) is 6.90. The van der Waals surface area contributed by atoms with Crippen LogP contribution in [0.15, 0.2) is 30.6 Å². The first-order chi connectivity index (χ1) is 12.1. The van der Waals surface area contributed by atoms with Gasteiger partial charge in [0, 0.05) is 50.3 Å². The highest BCUT2D eigenvalue weighted by Gasteiger charge is 2.23. The molecule has 1 saturated heterocycles. The first-order valence-corrected chi connectivity index (χ1v) is 8.90. The van der Waals surface area contributed by atoms with Gasteiger partial charge in [-0.25, -0.2) is 9.50 Å². The van der Waals surface area contributed by atoms with Crippen LogP contribution in [0.25, 0.3) is 5.65 Å². The monoisotopic (exact) mass is 339 g/mol. The van der Waals surface area contributed by atoms with Crippen LogP contribution in [0.4, 0.5) is 5.82 Å². The number of aryl methyl sites for hydroxylation is 2. The largest absolute Gasteiger partial charge is 0.353 e. The Balaban J connectivity index is 1.38. The zero-order valence-corrected chi connectivity index (χ0v) is 15.1. The summed E-state index contributed by atoms with van der Waals surface area (Å²) in [4.78, 5) is 9.15. The molecule has 3 aromatic rings. The molecule has 0 aromatic carbocycles. The lowest BCUT2D eigenvalue weighted by molar-refractivity contribution is 0.175. The van der Waals surface area contributed by atoms with Crippen LogP contribution in [0.3, 0.4) is 0 Å². The fourth-order valence-electron chi connectivity index (χ4n) is 3.59. The predicted molar refractivity (Wildman–Crippen MR) is 97.9 cm³/mol. The second kappa shape index (κ2) is 6.48. The third kappa shape index (κ3) is 3.24. The molecular formula is C18H25N7. The predicted octanol–water partition coefficient (Wildman–Crippen LogP) is 1.75. The zero-order chi connectivity index (χ0) is 17.4. The Morgan fingerprint density at radius 1 is 1.08 bits per heavy atom. The van der Waals surface area contributed by atoms with E-state index in [1.807, 2.05) is 16.8 Å². The molecule has 7 heteroatoms. The number of piperazine rings is 1. The minimum Gasteiger partial charge on any atom is -0.353 e. The molecule has 4 rings (SSSR count). The van der Waals surface area contributed by atoms with Gasteiger partial charge in [0.15, 0.2) is 5.65 Å². The molecule has 1 atom stereocenters. The Hall–Kier alpha value is -2.41. The van der Waals surface area contributed by atoms with Crippen molar-refractivity contribution in [1.82, 2.24) is 29.3 Å². The SMILES string of the molecule is Cc1cc(C)n(CC(C)N2CCN(c3ccc4nccn4n3)CC2)n1. The Labute approximate surface area is 147 Å². The molecule has 0 N–H and O–H groups in total. The van der Waals surface area contributed by atoms with E-state index in [0.717, 1.165) is 49.9 Å². The van der Waals surface area contributed by atoms with Crippen LogP contribution < -0.4 is 4.90 Å². The topological polar surface area (TPSA) is 54.5 Å². The minimum absolute atomic E-state index is 0.476. The van der Waals surface area contributed by atoms with Crippen molar-refractivity contribution in [3.8, 4) is 0 Å². The van der Waals surface area contributed by atoms with E-state index in [2.05, 4.69) is 62.6 Å². The molecule has 1 unspecified atom stereocenters. The quantitative estimate of drug-likeness (QED) is 0.725. The molecule has 0 aliphatic carbocycles. The van der Waals surface area contributed by atoms with E-state index in [4.69, 9.17) is 0 Å². The molecule has 1 aliphatic rings. The number of imidazole rings is 1. The Bertz CT molecular complexity index is 857. The van der Waals surface area contributed by atoms with Gasteiger partial charge in [-0.15, -0.1) is 5.10 Å². The fraction of sp³-hybridized carbons (Fsp3) is 0.500. The normalized spacial score (nSPS) is 17.3. The van der Waals surface area contributed by atoms with Gasteiger partial charge in [0.05, 0.1) is 12.2 Å². The number of hydrogen-bond acceptors (Lipinski definition) is 5. The lowest BCUT2D eigenvalue weighted by Gasteiger charge is -2.38. The minimum atomic E-state index is 0.476. The standard InChI is InChI=1S/C18H25N7/c1-14-12-15(2)25(20-14)13-16(3)22-8-10-23(11-9-22)18-5-4-17-19-6-7-24(17)21-18/h4-7,12,16H,8-11,13H2,1-3H3. The summed E-state index contributed by atoms with van der Waals surface area (Å²) >= 11 is 0. The highest BCUT2D eigenvalue weighted by Crippen LogP contribution is 2.16. The van der Waals surface area contributed by atoms with Crippen molar-refractivity contribution in [2.75, 3.05) is 31.1 Å². The van der Waals surface area contributed by atoms with E-state index < -0.39 is 0 Å². The van der Waals surface area contributed by atoms with Crippen molar-refractivity contribution >= 4 is 11.5 Å². The van der Waals surface area contributed by atoms with Crippen molar-refractivity contribution in [1.29, 1.82) is 0 Å². The van der Waals surface area contributed by atoms with Gasteiger partial charge >= 0.3 is 0 Å². The van der Waals surface area contributed by atoms with Gasteiger partial charge in [-0.1, -0.05) is 0 Å². The summed E-state index contributed by atoms with van der Waals surface area (Å²) in [6, 6.07) is 6.71. The van der Waals surface area contributed by atoms with E-state index in [9.17, 15) is 0 Å². The molecule has 0 bridgehead atoms. The Kier molecular flexibility index (Phi) is 4.17. The number of nitrogens with zero attached hydrogens (tertiary/aromatic N) is 7. The molecule has 1 aliphatic heterocycles. The van der Waals surface area contributed by atoms with Crippen LogP contribution in [0.5, 0.6) is 0 Å². The van der Waals surface area contributed by atoms with Crippen LogP contribution in [0.2, 0.25) is 0 Å². The van der Waals surface area contributed by atoms with Gasteiger partial charge in [-0.3, -0.25) is 9.58 Å². The van der Waals surface area contributed by atoms with Crippen LogP contribution >= 0.6 is 0 Å². The average molecular weight is 339 g/mol. The number of aromatic nitrogens is 5. The van der Waals surface area contributed by atoms with Crippen LogP contribution in [0, 0.1) is 13.8 Å².